The van der Waals surface area contributed by atoms with Gasteiger partial charge in [0, 0.05) is 32.7 Å². The van der Waals surface area contributed by atoms with Gasteiger partial charge in [-0.1, -0.05) is 36.4 Å². The Labute approximate surface area is 183 Å². The highest BCUT2D eigenvalue weighted by molar-refractivity contribution is 5.42. The maximum Gasteiger partial charge on any atom is 0.173 e. The van der Waals surface area contributed by atoms with E-state index in [4.69, 9.17) is 9.47 Å². The minimum atomic E-state index is 0.0373. The molecule has 2 aromatic carbocycles. The number of ether oxygens (including phenoxy) is 2. The predicted molar refractivity (Wildman–Crippen MR) is 118 cm³/mol. The fourth-order valence-electron chi connectivity index (χ4n) is 4.08. The normalized spacial score (nSPS) is 16.2. The van der Waals surface area contributed by atoms with Crippen molar-refractivity contribution in [1.29, 1.82) is 0 Å². The first-order valence-corrected chi connectivity index (χ1v) is 10.6. The van der Waals surface area contributed by atoms with Crippen molar-refractivity contribution in [3.8, 4) is 11.5 Å². The predicted octanol–water partition coefficient (Wildman–Crippen LogP) is 2.27. The summed E-state index contributed by atoms with van der Waals surface area (Å²) in [5.74, 6) is 2.35. The van der Waals surface area contributed by atoms with Gasteiger partial charge in [-0.15, -0.1) is 5.10 Å². The van der Waals surface area contributed by atoms with Gasteiger partial charge in [-0.3, -0.25) is 4.90 Å². The van der Waals surface area contributed by atoms with Crippen LogP contribution in [-0.2, 0) is 13.0 Å². The fourth-order valence-corrected chi connectivity index (χ4v) is 4.08. The molecule has 4 rings (SSSR count). The lowest BCUT2D eigenvalue weighted by Gasteiger charge is -2.37. The third-order valence-corrected chi connectivity index (χ3v) is 5.88. The maximum atomic E-state index is 5.44. The molecule has 0 bridgehead atoms. The zero-order valence-electron chi connectivity index (χ0n) is 18.4. The van der Waals surface area contributed by atoms with Gasteiger partial charge in [0.15, 0.2) is 17.3 Å². The number of rotatable bonds is 8. The van der Waals surface area contributed by atoms with E-state index in [0.29, 0.717) is 6.54 Å². The lowest BCUT2D eigenvalue weighted by molar-refractivity contribution is 0.121. The van der Waals surface area contributed by atoms with E-state index in [-0.39, 0.29) is 6.04 Å². The van der Waals surface area contributed by atoms with E-state index >= 15 is 0 Å². The Morgan fingerprint density at radius 2 is 1.68 bits per heavy atom. The van der Waals surface area contributed by atoms with Crippen molar-refractivity contribution in [1.82, 2.24) is 30.0 Å². The SMILES string of the molecule is COc1ccc(CCn2nnnc2[C@H](c2ccccc2)N2CCN(C)CC2)cc1OC. The molecular weight excluding hydrogens is 392 g/mol. The van der Waals surface area contributed by atoms with Crippen LogP contribution in [0.3, 0.4) is 0 Å². The Morgan fingerprint density at radius 3 is 2.39 bits per heavy atom. The Kier molecular flexibility index (Phi) is 6.79. The molecule has 0 N–H and O–H groups in total. The number of aromatic nitrogens is 4. The third kappa shape index (κ3) is 4.86. The Balaban J connectivity index is 1.57. The summed E-state index contributed by atoms with van der Waals surface area (Å²) in [5.41, 5.74) is 2.36. The first kappa shape index (κ1) is 21.3. The molecule has 1 fully saturated rings. The molecule has 8 heteroatoms. The van der Waals surface area contributed by atoms with Gasteiger partial charge in [0.05, 0.1) is 20.3 Å². The summed E-state index contributed by atoms with van der Waals surface area (Å²) in [7, 11) is 5.47. The molecule has 0 amide bonds. The Morgan fingerprint density at radius 1 is 0.935 bits per heavy atom. The van der Waals surface area contributed by atoms with Crippen LogP contribution in [0.5, 0.6) is 11.5 Å². The second-order valence-electron chi connectivity index (χ2n) is 7.85. The molecule has 1 aromatic heterocycles. The molecule has 31 heavy (non-hydrogen) atoms. The Bertz CT molecular complexity index is 969. The van der Waals surface area contributed by atoms with E-state index in [2.05, 4.69) is 62.7 Å². The van der Waals surface area contributed by atoms with Crippen LogP contribution in [-0.4, -0.2) is 77.5 Å². The zero-order chi connectivity index (χ0) is 21.6. The molecule has 1 aliphatic heterocycles. The van der Waals surface area contributed by atoms with Gasteiger partial charge >= 0.3 is 0 Å². The Hall–Kier alpha value is -2.97. The van der Waals surface area contributed by atoms with Crippen LogP contribution in [0.1, 0.15) is 23.0 Å². The van der Waals surface area contributed by atoms with E-state index < -0.39 is 0 Å². The van der Waals surface area contributed by atoms with E-state index in [1.165, 1.54) is 5.56 Å². The number of tetrazole rings is 1. The van der Waals surface area contributed by atoms with Gasteiger partial charge in [0.2, 0.25) is 0 Å². The molecule has 0 radical (unpaired) electrons. The van der Waals surface area contributed by atoms with Gasteiger partial charge in [-0.25, -0.2) is 4.68 Å². The molecule has 2 heterocycles. The molecule has 1 saturated heterocycles. The van der Waals surface area contributed by atoms with Gasteiger partial charge in [-0.05, 0) is 47.2 Å². The van der Waals surface area contributed by atoms with Crippen molar-refractivity contribution >= 4 is 0 Å². The minimum absolute atomic E-state index is 0.0373. The lowest BCUT2D eigenvalue weighted by Crippen LogP contribution is -2.46. The first-order valence-electron chi connectivity index (χ1n) is 10.6. The van der Waals surface area contributed by atoms with Crippen molar-refractivity contribution in [2.75, 3.05) is 47.4 Å². The second kappa shape index (κ2) is 9.89. The number of benzene rings is 2. The fraction of sp³-hybridized carbons (Fsp3) is 0.435. The van der Waals surface area contributed by atoms with Crippen molar-refractivity contribution in [2.45, 2.75) is 19.0 Å². The zero-order valence-corrected chi connectivity index (χ0v) is 18.4. The second-order valence-corrected chi connectivity index (χ2v) is 7.85. The van der Waals surface area contributed by atoms with Crippen molar-refractivity contribution in [3.05, 3.63) is 65.5 Å². The summed E-state index contributed by atoms with van der Waals surface area (Å²) in [6.45, 7) is 4.74. The summed E-state index contributed by atoms with van der Waals surface area (Å²) in [6.07, 6.45) is 0.794. The number of methoxy groups -OCH3 is 2. The summed E-state index contributed by atoms with van der Waals surface area (Å²) in [5, 5.41) is 12.8. The molecule has 0 unspecified atom stereocenters. The van der Waals surface area contributed by atoms with Gasteiger partial charge in [0.1, 0.15) is 0 Å². The van der Waals surface area contributed by atoms with Crippen LogP contribution in [0.25, 0.3) is 0 Å². The molecule has 0 saturated carbocycles. The smallest absolute Gasteiger partial charge is 0.173 e. The van der Waals surface area contributed by atoms with Crippen LogP contribution in [0, 0.1) is 0 Å². The van der Waals surface area contributed by atoms with E-state index in [1.807, 2.05) is 22.9 Å². The van der Waals surface area contributed by atoms with Crippen molar-refractivity contribution in [2.24, 2.45) is 0 Å². The number of likely N-dealkylation sites (N-methyl/N-ethyl adjacent to an activating group) is 1. The number of nitrogens with zero attached hydrogens (tertiary/aromatic N) is 6. The van der Waals surface area contributed by atoms with Crippen LogP contribution in [0.15, 0.2) is 48.5 Å². The first-order chi connectivity index (χ1) is 15.2. The molecule has 0 spiro atoms. The van der Waals surface area contributed by atoms with E-state index in [0.717, 1.165) is 55.5 Å². The monoisotopic (exact) mass is 422 g/mol. The number of aryl methyl sites for hydroxylation is 2. The quantitative estimate of drug-likeness (QED) is 0.552. The highest BCUT2D eigenvalue weighted by Crippen LogP contribution is 2.29. The molecule has 1 atom stereocenters. The molecule has 0 aliphatic carbocycles. The average Bonchev–Trinajstić information content (AvgIpc) is 3.27. The largest absolute Gasteiger partial charge is 0.493 e. The summed E-state index contributed by atoms with van der Waals surface area (Å²) < 4.78 is 12.7. The summed E-state index contributed by atoms with van der Waals surface area (Å²) in [4.78, 5) is 4.84. The summed E-state index contributed by atoms with van der Waals surface area (Å²) >= 11 is 0. The van der Waals surface area contributed by atoms with Crippen LogP contribution >= 0.6 is 0 Å². The maximum absolute atomic E-state index is 5.44. The molecule has 3 aromatic rings. The summed E-state index contributed by atoms with van der Waals surface area (Å²) in [6, 6.07) is 16.6. The van der Waals surface area contributed by atoms with Gasteiger partial charge < -0.3 is 14.4 Å². The van der Waals surface area contributed by atoms with Crippen molar-refractivity contribution in [3.63, 3.8) is 0 Å². The lowest BCUT2D eigenvalue weighted by atomic mass is 10.0. The number of hydrogen-bond acceptors (Lipinski definition) is 7. The highest BCUT2D eigenvalue weighted by atomic mass is 16.5. The number of piperazine rings is 1. The van der Waals surface area contributed by atoms with E-state index in [9.17, 15) is 0 Å². The van der Waals surface area contributed by atoms with Crippen LogP contribution in [0.2, 0.25) is 0 Å². The topological polar surface area (TPSA) is 68.5 Å². The van der Waals surface area contributed by atoms with Crippen LogP contribution in [0.4, 0.5) is 0 Å². The molecule has 1 aliphatic rings. The average molecular weight is 423 g/mol. The number of hydrogen-bond donors (Lipinski definition) is 0. The minimum Gasteiger partial charge on any atom is -0.493 e. The molecular formula is C23H30N6O2. The van der Waals surface area contributed by atoms with Gasteiger partial charge in [-0.2, -0.15) is 0 Å². The van der Waals surface area contributed by atoms with Crippen molar-refractivity contribution < 1.29 is 9.47 Å². The molecule has 8 nitrogen and oxygen atoms in total. The molecule has 164 valence electrons. The highest BCUT2D eigenvalue weighted by Gasteiger charge is 2.29. The third-order valence-electron chi connectivity index (χ3n) is 5.88. The van der Waals surface area contributed by atoms with E-state index in [1.54, 1.807) is 14.2 Å². The van der Waals surface area contributed by atoms with Crippen LogP contribution < -0.4 is 9.47 Å². The standard InChI is InChI=1S/C23H30N6O2/c1-27-13-15-28(16-14-27)22(19-7-5-4-6-8-19)23-24-25-26-29(23)12-11-18-9-10-20(30-2)21(17-18)31-3/h4-10,17,22H,11-16H2,1-3H3/t22-/m0/s1. The van der Waals surface area contributed by atoms with Gasteiger partial charge in [0.25, 0.3) is 0 Å².